The molecule has 0 aliphatic heterocycles. The fraction of sp³-hybridized carbons (Fsp3) is 0.706. The molecule has 1 aliphatic rings. The van der Waals surface area contributed by atoms with E-state index in [-0.39, 0.29) is 22.8 Å². The van der Waals surface area contributed by atoms with E-state index >= 15 is 0 Å². The molecular weight excluding hydrogens is 328 g/mol. The highest BCUT2D eigenvalue weighted by Gasteiger charge is 2.39. The van der Waals surface area contributed by atoms with Gasteiger partial charge in [-0.1, -0.05) is 27.7 Å². The second-order valence-electron chi connectivity index (χ2n) is 7.91. The molecule has 1 amide bonds. The molecule has 0 bridgehead atoms. The van der Waals surface area contributed by atoms with Crippen LogP contribution < -0.4 is 5.32 Å². The smallest absolute Gasteiger partial charge is 0.268 e. The second-order valence-corrected chi connectivity index (χ2v) is 8.83. The molecule has 1 heterocycles. The number of carbonyl (C=O) groups is 1. The summed E-state index contributed by atoms with van der Waals surface area (Å²) < 4.78 is 2.94. The first-order valence-corrected chi connectivity index (χ1v) is 8.58. The minimum atomic E-state index is 0.0426. The van der Waals surface area contributed by atoms with Gasteiger partial charge < -0.3 is 9.88 Å². The summed E-state index contributed by atoms with van der Waals surface area (Å²) in [4.78, 5) is 12.6. The summed E-state index contributed by atoms with van der Waals surface area (Å²) >= 11 is 3.45. The van der Waals surface area contributed by atoms with Gasteiger partial charge in [-0.2, -0.15) is 0 Å². The van der Waals surface area contributed by atoms with Crippen molar-refractivity contribution in [2.45, 2.75) is 66.5 Å². The standard InChI is InChI=1S/C17H27BrN2O/c1-6-20-10-12(18)7-14(20)15(21)19-13-8-16(2,3)11-17(4,5)9-13/h7,10,13H,6,8-9,11H2,1-5H3,(H,19,21). The fourth-order valence-electron chi connectivity index (χ4n) is 4.13. The molecule has 2 rings (SSSR count). The van der Waals surface area contributed by atoms with Crippen LogP contribution in [0.5, 0.6) is 0 Å². The molecule has 21 heavy (non-hydrogen) atoms. The van der Waals surface area contributed by atoms with Crippen molar-refractivity contribution in [3.8, 4) is 0 Å². The minimum Gasteiger partial charge on any atom is -0.348 e. The van der Waals surface area contributed by atoms with E-state index in [9.17, 15) is 4.79 Å². The first-order chi connectivity index (χ1) is 9.62. The maximum absolute atomic E-state index is 12.6. The van der Waals surface area contributed by atoms with Crippen molar-refractivity contribution < 1.29 is 4.79 Å². The summed E-state index contributed by atoms with van der Waals surface area (Å²) in [5.41, 5.74) is 1.31. The Balaban J connectivity index is 2.12. The van der Waals surface area contributed by atoms with Gasteiger partial charge in [-0.25, -0.2) is 0 Å². The molecule has 1 fully saturated rings. The topological polar surface area (TPSA) is 34.0 Å². The lowest BCUT2D eigenvalue weighted by Crippen LogP contribution is -2.46. The first-order valence-electron chi connectivity index (χ1n) is 7.78. The molecule has 118 valence electrons. The molecule has 1 aliphatic carbocycles. The van der Waals surface area contributed by atoms with E-state index in [1.165, 1.54) is 6.42 Å². The summed E-state index contributed by atoms with van der Waals surface area (Å²) in [6.07, 6.45) is 5.28. The number of nitrogens with zero attached hydrogens (tertiary/aromatic N) is 1. The Morgan fingerprint density at radius 3 is 2.43 bits per heavy atom. The van der Waals surface area contributed by atoms with Crippen LogP contribution in [0.4, 0.5) is 0 Å². The molecule has 0 unspecified atom stereocenters. The van der Waals surface area contributed by atoms with E-state index in [0.29, 0.717) is 0 Å². The van der Waals surface area contributed by atoms with E-state index < -0.39 is 0 Å². The van der Waals surface area contributed by atoms with Crippen LogP contribution in [0.15, 0.2) is 16.7 Å². The maximum atomic E-state index is 12.6. The minimum absolute atomic E-state index is 0.0426. The monoisotopic (exact) mass is 354 g/mol. The normalized spacial score (nSPS) is 21.2. The van der Waals surface area contributed by atoms with Crippen molar-refractivity contribution in [3.63, 3.8) is 0 Å². The molecular formula is C17H27BrN2O. The van der Waals surface area contributed by atoms with Crippen molar-refractivity contribution in [2.24, 2.45) is 10.8 Å². The quantitative estimate of drug-likeness (QED) is 0.844. The number of carbonyl (C=O) groups excluding carboxylic acids is 1. The SMILES string of the molecule is CCn1cc(Br)cc1C(=O)NC1CC(C)(C)CC(C)(C)C1. The number of rotatable bonds is 3. The molecule has 0 radical (unpaired) electrons. The van der Waals surface area contributed by atoms with Crippen molar-refractivity contribution in [2.75, 3.05) is 0 Å². The molecule has 1 aromatic heterocycles. The van der Waals surface area contributed by atoms with Crippen LogP contribution in [0, 0.1) is 10.8 Å². The number of halogens is 1. The van der Waals surface area contributed by atoms with Gasteiger partial charge in [0.25, 0.3) is 5.91 Å². The van der Waals surface area contributed by atoms with Crippen molar-refractivity contribution in [3.05, 3.63) is 22.4 Å². The van der Waals surface area contributed by atoms with E-state index in [1.54, 1.807) is 0 Å². The van der Waals surface area contributed by atoms with E-state index in [1.807, 2.05) is 16.8 Å². The van der Waals surface area contributed by atoms with Gasteiger partial charge >= 0.3 is 0 Å². The van der Waals surface area contributed by atoms with Gasteiger partial charge in [0.2, 0.25) is 0 Å². The van der Waals surface area contributed by atoms with Crippen LogP contribution in [0.2, 0.25) is 0 Å². The lowest BCUT2D eigenvalue weighted by atomic mass is 9.63. The highest BCUT2D eigenvalue weighted by atomic mass is 79.9. The molecule has 1 aromatic rings. The third kappa shape index (κ3) is 4.12. The van der Waals surface area contributed by atoms with Crippen molar-refractivity contribution >= 4 is 21.8 Å². The number of aromatic nitrogens is 1. The predicted octanol–water partition coefficient (Wildman–Crippen LogP) is 4.61. The first kappa shape index (κ1) is 16.6. The Bertz CT molecular complexity index is 515. The zero-order valence-electron chi connectivity index (χ0n) is 13.8. The van der Waals surface area contributed by atoms with Crippen LogP contribution in [-0.4, -0.2) is 16.5 Å². The molecule has 0 saturated heterocycles. The summed E-state index contributed by atoms with van der Waals surface area (Å²) in [6.45, 7) is 12.1. The summed E-state index contributed by atoms with van der Waals surface area (Å²) in [5.74, 6) is 0.0426. The second kappa shape index (κ2) is 5.79. The highest BCUT2D eigenvalue weighted by Crippen LogP contribution is 2.45. The lowest BCUT2D eigenvalue weighted by molar-refractivity contribution is 0.0708. The Hall–Kier alpha value is -0.770. The number of nitrogens with one attached hydrogen (secondary N) is 1. The van der Waals surface area contributed by atoms with Crippen LogP contribution in [0.25, 0.3) is 0 Å². The van der Waals surface area contributed by atoms with Gasteiger partial charge in [0.05, 0.1) is 0 Å². The Morgan fingerprint density at radius 2 is 1.90 bits per heavy atom. The van der Waals surface area contributed by atoms with Crippen LogP contribution >= 0.6 is 15.9 Å². The van der Waals surface area contributed by atoms with Crippen LogP contribution in [0.3, 0.4) is 0 Å². The number of amides is 1. The zero-order chi connectivity index (χ0) is 15.8. The van der Waals surface area contributed by atoms with Gasteiger partial charge in [0.1, 0.15) is 5.69 Å². The lowest BCUT2D eigenvalue weighted by Gasteiger charge is -2.45. The fourth-order valence-corrected chi connectivity index (χ4v) is 4.60. The zero-order valence-corrected chi connectivity index (χ0v) is 15.4. The summed E-state index contributed by atoms with van der Waals surface area (Å²) in [7, 11) is 0. The van der Waals surface area contributed by atoms with E-state index in [4.69, 9.17) is 0 Å². The summed E-state index contributed by atoms with van der Waals surface area (Å²) in [5, 5.41) is 3.25. The average Bonchev–Trinajstić information content (AvgIpc) is 2.66. The van der Waals surface area contributed by atoms with E-state index in [2.05, 4.69) is 55.9 Å². The van der Waals surface area contributed by atoms with Crippen LogP contribution in [-0.2, 0) is 6.54 Å². The number of hydrogen-bond donors (Lipinski definition) is 1. The molecule has 0 atom stereocenters. The molecule has 0 aromatic carbocycles. The molecule has 3 nitrogen and oxygen atoms in total. The van der Waals surface area contributed by atoms with Gasteiger partial charge in [-0.3, -0.25) is 4.79 Å². The summed E-state index contributed by atoms with van der Waals surface area (Å²) in [6, 6.07) is 2.16. The Morgan fingerprint density at radius 1 is 1.33 bits per heavy atom. The third-order valence-electron chi connectivity index (χ3n) is 4.33. The number of aryl methyl sites for hydroxylation is 1. The van der Waals surface area contributed by atoms with E-state index in [0.717, 1.165) is 29.6 Å². The third-order valence-corrected chi connectivity index (χ3v) is 4.76. The van der Waals surface area contributed by atoms with Crippen LogP contribution in [0.1, 0.15) is 64.4 Å². The highest BCUT2D eigenvalue weighted by molar-refractivity contribution is 9.10. The van der Waals surface area contributed by atoms with Gasteiger partial charge in [0, 0.05) is 23.3 Å². The molecule has 1 N–H and O–H groups in total. The molecule has 0 spiro atoms. The van der Waals surface area contributed by atoms with Crippen molar-refractivity contribution in [1.29, 1.82) is 0 Å². The molecule has 1 saturated carbocycles. The van der Waals surface area contributed by atoms with Crippen molar-refractivity contribution in [1.82, 2.24) is 9.88 Å². The predicted molar refractivity (Wildman–Crippen MR) is 90.5 cm³/mol. The van der Waals surface area contributed by atoms with Gasteiger partial charge in [-0.05, 0) is 59.0 Å². The maximum Gasteiger partial charge on any atom is 0.268 e. The Labute approximate surface area is 136 Å². The van der Waals surface area contributed by atoms with Gasteiger partial charge in [-0.15, -0.1) is 0 Å². The van der Waals surface area contributed by atoms with Gasteiger partial charge in [0.15, 0.2) is 0 Å². The molecule has 4 heteroatoms. The number of hydrogen-bond acceptors (Lipinski definition) is 1. The average molecular weight is 355 g/mol. The Kier molecular flexibility index (Phi) is 4.57. The largest absolute Gasteiger partial charge is 0.348 e.